The minimum absolute atomic E-state index is 0.112. The largest absolute Gasteiger partial charge is 0.487 e. The van der Waals surface area contributed by atoms with Gasteiger partial charge in [0.15, 0.2) is 11.6 Å². The van der Waals surface area contributed by atoms with Crippen LogP contribution in [0.1, 0.15) is 63.9 Å². The Morgan fingerprint density at radius 1 is 1.04 bits per heavy atom. The Morgan fingerprint density at radius 2 is 1.75 bits per heavy atom. The van der Waals surface area contributed by atoms with E-state index in [0.29, 0.717) is 5.75 Å². The van der Waals surface area contributed by atoms with Crippen molar-refractivity contribution in [3.05, 3.63) is 52.9 Å². The first-order valence-electron chi connectivity index (χ1n) is 9.39. The highest BCUT2D eigenvalue weighted by molar-refractivity contribution is 5.29. The van der Waals surface area contributed by atoms with E-state index in [-0.39, 0.29) is 11.9 Å². The summed E-state index contributed by atoms with van der Waals surface area (Å²) in [6.07, 6.45) is 14.2. The van der Waals surface area contributed by atoms with Gasteiger partial charge in [-0.2, -0.15) is 0 Å². The van der Waals surface area contributed by atoms with Crippen molar-refractivity contribution in [2.75, 3.05) is 0 Å². The molecular weight excluding hydrogens is 299 g/mol. The topological polar surface area (TPSA) is 9.23 Å². The second kappa shape index (κ2) is 8.00. The Balaban J connectivity index is 1.47. The zero-order valence-electron chi connectivity index (χ0n) is 15.0. The number of benzene rings is 1. The zero-order valence-corrected chi connectivity index (χ0v) is 15.0. The Labute approximate surface area is 145 Å². The van der Waals surface area contributed by atoms with Gasteiger partial charge in [-0.25, -0.2) is 4.39 Å². The number of hydrogen-bond donors (Lipinski definition) is 0. The molecule has 0 aromatic heterocycles. The summed E-state index contributed by atoms with van der Waals surface area (Å²) in [5, 5.41) is 0. The molecule has 1 aromatic carbocycles. The highest BCUT2D eigenvalue weighted by atomic mass is 19.1. The lowest BCUT2D eigenvalue weighted by molar-refractivity contribution is 0.180. The maximum atomic E-state index is 13.9. The van der Waals surface area contributed by atoms with E-state index in [2.05, 4.69) is 19.1 Å². The van der Waals surface area contributed by atoms with E-state index in [1.54, 1.807) is 17.2 Å². The van der Waals surface area contributed by atoms with Crippen LogP contribution in [-0.2, 0) is 0 Å². The predicted octanol–water partition coefficient (Wildman–Crippen LogP) is 6.52. The molecule has 3 rings (SSSR count). The highest BCUT2D eigenvalue weighted by Crippen LogP contribution is 2.31. The molecule has 2 atom stereocenters. The van der Waals surface area contributed by atoms with Gasteiger partial charge in [-0.15, -0.1) is 0 Å². The van der Waals surface area contributed by atoms with Gasteiger partial charge in [0.2, 0.25) is 0 Å². The Hall–Kier alpha value is -1.57. The SMILES string of the molecule is Cc1ccc(OC2CC=C(CCC3=CCC(C)CC3)CC2)c(F)c1. The van der Waals surface area contributed by atoms with Crippen LogP contribution in [0.3, 0.4) is 0 Å². The quantitative estimate of drug-likeness (QED) is 0.559. The molecule has 2 aliphatic rings. The first kappa shape index (κ1) is 17.3. The van der Waals surface area contributed by atoms with Crippen molar-refractivity contribution < 1.29 is 9.13 Å². The maximum absolute atomic E-state index is 13.9. The molecule has 0 spiro atoms. The predicted molar refractivity (Wildman–Crippen MR) is 97.8 cm³/mol. The van der Waals surface area contributed by atoms with Crippen molar-refractivity contribution in [1.82, 2.24) is 0 Å². The van der Waals surface area contributed by atoms with Crippen molar-refractivity contribution in [1.29, 1.82) is 0 Å². The van der Waals surface area contributed by atoms with Crippen LogP contribution in [-0.4, -0.2) is 6.10 Å². The number of hydrogen-bond acceptors (Lipinski definition) is 1. The van der Waals surface area contributed by atoms with Gasteiger partial charge in [0.25, 0.3) is 0 Å². The van der Waals surface area contributed by atoms with Crippen molar-refractivity contribution >= 4 is 0 Å². The number of allylic oxidation sites excluding steroid dienone is 3. The number of aryl methyl sites for hydroxylation is 1. The Kier molecular flexibility index (Phi) is 5.76. The van der Waals surface area contributed by atoms with Crippen LogP contribution in [0.4, 0.5) is 4.39 Å². The molecule has 130 valence electrons. The summed E-state index contributed by atoms with van der Waals surface area (Å²) in [5.74, 6) is 1.01. The van der Waals surface area contributed by atoms with Crippen molar-refractivity contribution in [2.24, 2.45) is 5.92 Å². The summed E-state index contributed by atoms with van der Waals surface area (Å²) in [6, 6.07) is 5.19. The molecule has 0 aliphatic heterocycles. The molecule has 1 nitrogen and oxygen atoms in total. The monoisotopic (exact) mass is 328 g/mol. The number of ether oxygens (including phenoxy) is 1. The highest BCUT2D eigenvalue weighted by Gasteiger charge is 2.18. The summed E-state index contributed by atoms with van der Waals surface area (Å²) in [5.41, 5.74) is 4.13. The van der Waals surface area contributed by atoms with Gasteiger partial charge in [0, 0.05) is 6.42 Å². The van der Waals surface area contributed by atoms with Gasteiger partial charge >= 0.3 is 0 Å². The fraction of sp³-hybridized carbons (Fsp3) is 0.545. The van der Waals surface area contributed by atoms with Gasteiger partial charge < -0.3 is 4.74 Å². The number of rotatable bonds is 5. The molecule has 2 unspecified atom stereocenters. The zero-order chi connectivity index (χ0) is 16.9. The fourth-order valence-corrected chi connectivity index (χ4v) is 3.65. The average molecular weight is 328 g/mol. The second-order valence-corrected chi connectivity index (χ2v) is 7.55. The Morgan fingerprint density at radius 3 is 2.33 bits per heavy atom. The van der Waals surface area contributed by atoms with Gasteiger partial charge in [-0.3, -0.25) is 0 Å². The molecule has 0 bridgehead atoms. The Bertz CT molecular complexity index is 629. The molecule has 2 aliphatic carbocycles. The molecule has 0 N–H and O–H groups in total. The van der Waals surface area contributed by atoms with Crippen LogP contribution >= 0.6 is 0 Å². The summed E-state index contributed by atoms with van der Waals surface area (Å²) in [4.78, 5) is 0. The third kappa shape index (κ3) is 4.72. The lowest BCUT2D eigenvalue weighted by Crippen LogP contribution is -2.19. The third-order valence-electron chi connectivity index (χ3n) is 5.37. The number of halogens is 1. The normalized spacial score (nSPS) is 24.3. The van der Waals surface area contributed by atoms with E-state index in [4.69, 9.17) is 4.74 Å². The maximum Gasteiger partial charge on any atom is 0.165 e. The van der Waals surface area contributed by atoms with Gasteiger partial charge in [0.1, 0.15) is 6.10 Å². The van der Waals surface area contributed by atoms with Crippen molar-refractivity contribution in [3.8, 4) is 5.75 Å². The summed E-state index contributed by atoms with van der Waals surface area (Å²) < 4.78 is 19.8. The summed E-state index contributed by atoms with van der Waals surface area (Å²) in [6.45, 7) is 4.23. The fourth-order valence-electron chi connectivity index (χ4n) is 3.65. The molecule has 0 saturated heterocycles. The van der Waals surface area contributed by atoms with Crippen LogP contribution in [0.25, 0.3) is 0 Å². The minimum Gasteiger partial charge on any atom is -0.487 e. The smallest absolute Gasteiger partial charge is 0.165 e. The van der Waals surface area contributed by atoms with E-state index in [1.165, 1.54) is 38.2 Å². The van der Waals surface area contributed by atoms with E-state index < -0.39 is 0 Å². The summed E-state index contributed by atoms with van der Waals surface area (Å²) >= 11 is 0. The van der Waals surface area contributed by atoms with Crippen molar-refractivity contribution in [2.45, 2.75) is 71.3 Å². The average Bonchev–Trinajstić information content (AvgIpc) is 2.58. The van der Waals surface area contributed by atoms with E-state index in [1.807, 2.05) is 13.0 Å². The molecular formula is C22H29FO. The molecule has 2 heteroatoms. The van der Waals surface area contributed by atoms with Gasteiger partial charge in [-0.1, -0.05) is 36.3 Å². The molecule has 0 radical (unpaired) electrons. The van der Waals surface area contributed by atoms with Gasteiger partial charge in [-0.05, 0) is 75.5 Å². The molecule has 24 heavy (non-hydrogen) atoms. The molecule has 0 fully saturated rings. The molecule has 0 heterocycles. The van der Waals surface area contributed by atoms with E-state index >= 15 is 0 Å². The molecule has 0 amide bonds. The second-order valence-electron chi connectivity index (χ2n) is 7.55. The van der Waals surface area contributed by atoms with E-state index in [0.717, 1.165) is 30.7 Å². The van der Waals surface area contributed by atoms with Crippen molar-refractivity contribution in [3.63, 3.8) is 0 Å². The van der Waals surface area contributed by atoms with Gasteiger partial charge in [0.05, 0.1) is 0 Å². The van der Waals surface area contributed by atoms with E-state index in [9.17, 15) is 4.39 Å². The lowest BCUT2D eigenvalue weighted by atomic mass is 9.86. The standard InChI is InChI=1S/C22H29FO/c1-16-3-6-18(7-4-16)8-9-19-10-12-20(13-11-19)24-22-14-5-17(2)15-21(22)23/h5-6,10,14-16,20H,3-4,7-9,11-13H2,1-2H3. The first-order valence-corrected chi connectivity index (χ1v) is 9.39. The van der Waals surface area contributed by atoms with Crippen LogP contribution < -0.4 is 4.74 Å². The minimum atomic E-state index is -0.247. The first-order chi connectivity index (χ1) is 11.6. The molecule has 0 saturated carbocycles. The van der Waals surface area contributed by atoms with Crippen LogP contribution in [0.15, 0.2) is 41.5 Å². The van der Waals surface area contributed by atoms with Crippen LogP contribution in [0.2, 0.25) is 0 Å². The summed E-state index contributed by atoms with van der Waals surface area (Å²) in [7, 11) is 0. The molecule has 1 aromatic rings. The van der Waals surface area contributed by atoms with Crippen LogP contribution in [0, 0.1) is 18.7 Å². The lowest BCUT2D eigenvalue weighted by Gasteiger charge is -2.24. The van der Waals surface area contributed by atoms with Crippen LogP contribution in [0.5, 0.6) is 5.75 Å². The third-order valence-corrected chi connectivity index (χ3v) is 5.37.